The van der Waals surface area contributed by atoms with Crippen LogP contribution in [-0.4, -0.2) is 35.8 Å². The molecule has 1 aliphatic rings. The van der Waals surface area contributed by atoms with Crippen molar-refractivity contribution in [3.63, 3.8) is 0 Å². The minimum absolute atomic E-state index is 0.349. The summed E-state index contributed by atoms with van der Waals surface area (Å²) < 4.78 is 11.1. The van der Waals surface area contributed by atoms with Gasteiger partial charge in [-0.2, -0.15) is 4.98 Å². The predicted octanol–water partition coefficient (Wildman–Crippen LogP) is 2.88. The van der Waals surface area contributed by atoms with Gasteiger partial charge in [-0.05, 0) is 18.8 Å². The molecule has 1 fully saturated rings. The fraction of sp³-hybridized carbons (Fsp3) is 0.733. The normalized spacial score (nSPS) is 22.8. The van der Waals surface area contributed by atoms with Gasteiger partial charge in [0.05, 0.1) is 13.2 Å². The largest absolute Gasteiger partial charge is 0.481 e. The highest BCUT2D eigenvalue weighted by Gasteiger charge is 2.27. The number of methoxy groups -OCH3 is 1. The molecule has 0 bridgehead atoms. The zero-order valence-corrected chi connectivity index (χ0v) is 12.6. The molecule has 1 N–H and O–H groups in total. The Labute approximate surface area is 121 Å². The van der Waals surface area contributed by atoms with Gasteiger partial charge >= 0.3 is 0 Å². The molecule has 0 spiro atoms. The van der Waals surface area contributed by atoms with Gasteiger partial charge in [-0.1, -0.05) is 26.7 Å². The predicted molar refractivity (Wildman–Crippen MR) is 79.0 cm³/mol. The summed E-state index contributed by atoms with van der Waals surface area (Å²) in [4.78, 5) is 8.56. The zero-order valence-electron chi connectivity index (χ0n) is 12.6. The number of nitrogens with zero attached hydrogens (tertiary/aromatic N) is 2. The maximum atomic E-state index is 5.93. The summed E-state index contributed by atoms with van der Waals surface area (Å²) >= 11 is 0. The number of anilines is 1. The molecule has 0 aromatic carbocycles. The molecular weight excluding hydrogens is 254 g/mol. The van der Waals surface area contributed by atoms with Crippen LogP contribution in [0.25, 0.3) is 0 Å². The quantitative estimate of drug-likeness (QED) is 0.867. The Morgan fingerprint density at radius 3 is 2.95 bits per heavy atom. The molecule has 0 aliphatic carbocycles. The third kappa shape index (κ3) is 3.82. The summed E-state index contributed by atoms with van der Waals surface area (Å²) in [5.74, 6) is 1.87. The van der Waals surface area contributed by atoms with Crippen LogP contribution in [0, 0.1) is 5.92 Å². The molecule has 2 atom stereocenters. The maximum absolute atomic E-state index is 5.93. The second-order valence-electron chi connectivity index (χ2n) is 5.27. The van der Waals surface area contributed by atoms with Crippen molar-refractivity contribution in [1.82, 2.24) is 9.97 Å². The van der Waals surface area contributed by atoms with Crippen LogP contribution in [0.4, 0.5) is 5.95 Å². The molecule has 0 saturated carbocycles. The van der Waals surface area contributed by atoms with Crippen molar-refractivity contribution in [2.45, 2.75) is 51.7 Å². The van der Waals surface area contributed by atoms with Gasteiger partial charge in [-0.3, -0.25) is 0 Å². The van der Waals surface area contributed by atoms with Crippen molar-refractivity contribution in [2.24, 2.45) is 5.92 Å². The number of nitrogens with one attached hydrogen (secondary N) is 1. The SMILES string of the molecule is CCC(CC)C1CC(Nc2nccc(OC)n2)CCO1. The summed E-state index contributed by atoms with van der Waals surface area (Å²) in [6.07, 6.45) is 6.42. The molecule has 2 unspecified atom stereocenters. The van der Waals surface area contributed by atoms with Gasteiger partial charge in [0.15, 0.2) is 0 Å². The summed E-state index contributed by atoms with van der Waals surface area (Å²) in [7, 11) is 1.61. The fourth-order valence-corrected chi connectivity index (χ4v) is 2.81. The average Bonchev–Trinajstić information content (AvgIpc) is 2.49. The second-order valence-corrected chi connectivity index (χ2v) is 5.27. The van der Waals surface area contributed by atoms with Crippen LogP contribution in [0.3, 0.4) is 0 Å². The summed E-state index contributed by atoms with van der Waals surface area (Å²) in [6, 6.07) is 2.13. The Bertz CT molecular complexity index is 410. The summed E-state index contributed by atoms with van der Waals surface area (Å²) in [6.45, 7) is 5.28. The van der Waals surface area contributed by atoms with Gasteiger partial charge < -0.3 is 14.8 Å². The van der Waals surface area contributed by atoms with Crippen molar-refractivity contribution < 1.29 is 9.47 Å². The molecule has 1 aromatic heterocycles. The first-order chi connectivity index (χ1) is 9.76. The molecule has 5 heteroatoms. The van der Waals surface area contributed by atoms with E-state index in [4.69, 9.17) is 9.47 Å². The van der Waals surface area contributed by atoms with Gasteiger partial charge in [-0.15, -0.1) is 0 Å². The zero-order chi connectivity index (χ0) is 14.4. The summed E-state index contributed by atoms with van der Waals surface area (Å²) in [5, 5.41) is 3.41. The van der Waals surface area contributed by atoms with E-state index in [1.165, 1.54) is 12.8 Å². The summed E-state index contributed by atoms with van der Waals surface area (Å²) in [5.41, 5.74) is 0. The van der Waals surface area contributed by atoms with E-state index in [0.29, 0.717) is 29.9 Å². The van der Waals surface area contributed by atoms with E-state index < -0.39 is 0 Å². The van der Waals surface area contributed by atoms with Crippen molar-refractivity contribution in [2.75, 3.05) is 19.0 Å². The van der Waals surface area contributed by atoms with Crippen molar-refractivity contribution >= 4 is 5.95 Å². The lowest BCUT2D eigenvalue weighted by atomic mass is 9.89. The van der Waals surface area contributed by atoms with Gasteiger partial charge in [-0.25, -0.2) is 4.98 Å². The molecule has 1 aliphatic heterocycles. The van der Waals surface area contributed by atoms with Crippen LogP contribution in [-0.2, 0) is 4.74 Å². The monoisotopic (exact) mass is 279 g/mol. The first-order valence-corrected chi connectivity index (χ1v) is 7.52. The minimum Gasteiger partial charge on any atom is -0.481 e. The first-order valence-electron chi connectivity index (χ1n) is 7.52. The lowest BCUT2D eigenvalue weighted by Crippen LogP contribution is -2.38. The van der Waals surface area contributed by atoms with Crippen molar-refractivity contribution in [3.8, 4) is 5.88 Å². The van der Waals surface area contributed by atoms with Crippen LogP contribution >= 0.6 is 0 Å². The molecule has 2 heterocycles. The topological polar surface area (TPSA) is 56.3 Å². The Balaban J connectivity index is 1.95. The second kappa shape index (κ2) is 7.43. The molecule has 5 nitrogen and oxygen atoms in total. The van der Waals surface area contributed by atoms with Crippen LogP contribution in [0.2, 0.25) is 0 Å². The highest BCUT2D eigenvalue weighted by Crippen LogP contribution is 2.26. The molecule has 2 rings (SSSR count). The van der Waals surface area contributed by atoms with Gasteiger partial charge in [0.25, 0.3) is 0 Å². The van der Waals surface area contributed by atoms with Crippen LogP contribution < -0.4 is 10.1 Å². The number of ether oxygens (including phenoxy) is 2. The smallest absolute Gasteiger partial charge is 0.226 e. The highest BCUT2D eigenvalue weighted by atomic mass is 16.5. The van der Waals surface area contributed by atoms with Gasteiger partial charge in [0, 0.05) is 24.9 Å². The Kier molecular flexibility index (Phi) is 5.59. The lowest BCUT2D eigenvalue weighted by molar-refractivity contribution is -0.0271. The molecule has 20 heavy (non-hydrogen) atoms. The van der Waals surface area contributed by atoms with E-state index in [1.54, 1.807) is 19.4 Å². The van der Waals surface area contributed by atoms with E-state index in [1.807, 2.05) is 0 Å². The van der Waals surface area contributed by atoms with Crippen molar-refractivity contribution in [1.29, 1.82) is 0 Å². The molecule has 0 radical (unpaired) electrons. The van der Waals surface area contributed by atoms with E-state index in [0.717, 1.165) is 19.4 Å². The average molecular weight is 279 g/mol. The van der Waals surface area contributed by atoms with Crippen LogP contribution in [0.1, 0.15) is 39.5 Å². The van der Waals surface area contributed by atoms with Gasteiger partial charge in [0.1, 0.15) is 0 Å². The highest BCUT2D eigenvalue weighted by molar-refractivity contribution is 5.29. The van der Waals surface area contributed by atoms with E-state index in [2.05, 4.69) is 29.1 Å². The van der Waals surface area contributed by atoms with Crippen molar-refractivity contribution in [3.05, 3.63) is 12.3 Å². The van der Waals surface area contributed by atoms with Gasteiger partial charge in [0.2, 0.25) is 11.8 Å². The fourth-order valence-electron chi connectivity index (χ4n) is 2.81. The number of aromatic nitrogens is 2. The molecule has 1 aromatic rings. The van der Waals surface area contributed by atoms with E-state index in [9.17, 15) is 0 Å². The number of hydrogen-bond donors (Lipinski definition) is 1. The maximum Gasteiger partial charge on any atom is 0.226 e. The first kappa shape index (κ1) is 15.0. The Morgan fingerprint density at radius 1 is 1.45 bits per heavy atom. The Hall–Kier alpha value is -1.36. The minimum atomic E-state index is 0.349. The standard InChI is InChI=1S/C15H25N3O2/c1-4-11(5-2)13-10-12(7-9-20-13)17-15-16-8-6-14(18-15)19-3/h6,8,11-13H,4-5,7,9-10H2,1-3H3,(H,16,17,18). The third-order valence-corrected chi connectivity index (χ3v) is 4.06. The lowest BCUT2D eigenvalue weighted by Gasteiger charge is -2.34. The number of hydrogen-bond acceptors (Lipinski definition) is 5. The van der Waals surface area contributed by atoms with E-state index in [-0.39, 0.29) is 0 Å². The number of rotatable bonds is 6. The molecular formula is C15H25N3O2. The third-order valence-electron chi connectivity index (χ3n) is 4.06. The Morgan fingerprint density at radius 2 is 2.25 bits per heavy atom. The van der Waals surface area contributed by atoms with Crippen LogP contribution in [0.5, 0.6) is 5.88 Å². The molecule has 0 amide bonds. The van der Waals surface area contributed by atoms with E-state index >= 15 is 0 Å². The van der Waals surface area contributed by atoms with Crippen LogP contribution in [0.15, 0.2) is 12.3 Å². The molecule has 112 valence electrons. The molecule has 1 saturated heterocycles.